The lowest BCUT2D eigenvalue weighted by molar-refractivity contribution is 0.638. The summed E-state index contributed by atoms with van der Waals surface area (Å²) in [6, 6.07) is 6.51. The van der Waals surface area contributed by atoms with E-state index in [9.17, 15) is 0 Å². The van der Waals surface area contributed by atoms with E-state index in [0.717, 1.165) is 11.9 Å². The monoisotopic (exact) mass is 333 g/mol. The van der Waals surface area contributed by atoms with Gasteiger partial charge >= 0.3 is 0 Å². The Labute approximate surface area is 109 Å². The maximum absolute atomic E-state index is 3.59. The second-order valence-electron chi connectivity index (χ2n) is 4.18. The van der Waals surface area contributed by atoms with Crippen molar-refractivity contribution in [2.24, 2.45) is 5.92 Å². The van der Waals surface area contributed by atoms with Gasteiger partial charge < -0.3 is 4.90 Å². The van der Waals surface area contributed by atoms with Crippen molar-refractivity contribution in [2.75, 3.05) is 18.5 Å². The van der Waals surface area contributed by atoms with Crippen LogP contribution in [-0.4, -0.2) is 13.6 Å². The van der Waals surface area contributed by atoms with Gasteiger partial charge in [-0.25, -0.2) is 0 Å². The molecule has 3 heteroatoms. The Morgan fingerprint density at radius 1 is 1.33 bits per heavy atom. The summed E-state index contributed by atoms with van der Waals surface area (Å²) in [4.78, 5) is 2.29. The maximum Gasteiger partial charge on any atom is 0.0375 e. The van der Waals surface area contributed by atoms with Gasteiger partial charge in [-0.2, -0.15) is 0 Å². The zero-order chi connectivity index (χ0) is 11.4. The van der Waals surface area contributed by atoms with Crippen LogP contribution >= 0.6 is 31.9 Å². The number of benzene rings is 1. The van der Waals surface area contributed by atoms with E-state index < -0.39 is 0 Å². The van der Waals surface area contributed by atoms with Gasteiger partial charge in [0.15, 0.2) is 0 Å². The molecule has 1 aromatic carbocycles. The molecule has 0 saturated heterocycles. The van der Waals surface area contributed by atoms with Gasteiger partial charge in [0.05, 0.1) is 0 Å². The highest BCUT2D eigenvalue weighted by Crippen LogP contribution is 2.25. The first kappa shape index (κ1) is 13.0. The van der Waals surface area contributed by atoms with Crippen molar-refractivity contribution >= 4 is 37.5 Å². The van der Waals surface area contributed by atoms with E-state index in [1.165, 1.54) is 15.7 Å². The van der Waals surface area contributed by atoms with Crippen LogP contribution in [0.15, 0.2) is 22.7 Å². The summed E-state index contributed by atoms with van der Waals surface area (Å²) in [5.41, 5.74) is 2.55. The van der Waals surface area contributed by atoms with Crippen LogP contribution in [0.4, 0.5) is 5.69 Å². The zero-order valence-corrected chi connectivity index (χ0v) is 12.6. The molecule has 0 aromatic heterocycles. The Hall–Kier alpha value is -0.0200. The largest absolute Gasteiger partial charge is 0.374 e. The summed E-state index contributed by atoms with van der Waals surface area (Å²) >= 11 is 7.05. The van der Waals surface area contributed by atoms with Crippen LogP contribution in [0, 0.1) is 5.92 Å². The normalized spacial score (nSPS) is 10.8. The van der Waals surface area contributed by atoms with Crippen LogP contribution in [0.3, 0.4) is 0 Å². The Kier molecular flexibility index (Phi) is 5.13. The molecule has 0 aliphatic carbocycles. The lowest BCUT2D eigenvalue weighted by Gasteiger charge is -2.22. The molecule has 0 aliphatic rings. The van der Waals surface area contributed by atoms with E-state index in [2.05, 4.69) is 75.9 Å². The molecule has 0 N–H and O–H groups in total. The van der Waals surface area contributed by atoms with Gasteiger partial charge in [0.25, 0.3) is 0 Å². The summed E-state index contributed by atoms with van der Waals surface area (Å²) in [6.45, 7) is 5.55. The molecule has 0 atom stereocenters. The Morgan fingerprint density at radius 2 is 2.00 bits per heavy atom. The van der Waals surface area contributed by atoms with Crippen LogP contribution in [0.25, 0.3) is 0 Å². The average Bonchev–Trinajstić information content (AvgIpc) is 2.16. The maximum atomic E-state index is 3.59. The van der Waals surface area contributed by atoms with Crippen molar-refractivity contribution < 1.29 is 0 Å². The number of alkyl halides is 1. The Balaban J connectivity index is 2.82. The number of hydrogen-bond donors (Lipinski definition) is 0. The SMILES string of the molecule is CC(C)CN(C)c1ccc(CBr)c(Br)c1. The number of nitrogens with zero attached hydrogens (tertiary/aromatic N) is 1. The van der Waals surface area contributed by atoms with Gasteiger partial charge in [-0.1, -0.05) is 51.8 Å². The summed E-state index contributed by atoms with van der Waals surface area (Å²) < 4.78 is 1.17. The topological polar surface area (TPSA) is 3.24 Å². The average molecular weight is 335 g/mol. The fourth-order valence-corrected chi connectivity index (χ4v) is 2.91. The first-order valence-corrected chi connectivity index (χ1v) is 7.01. The van der Waals surface area contributed by atoms with Crippen LogP contribution in [0.2, 0.25) is 0 Å². The molecule has 1 rings (SSSR count). The van der Waals surface area contributed by atoms with E-state index in [4.69, 9.17) is 0 Å². The fraction of sp³-hybridized carbons (Fsp3) is 0.500. The molecule has 0 spiro atoms. The van der Waals surface area contributed by atoms with E-state index in [1.807, 2.05) is 0 Å². The molecule has 84 valence electrons. The Morgan fingerprint density at radius 3 is 2.47 bits per heavy atom. The molecular formula is C12H17Br2N. The van der Waals surface area contributed by atoms with Gasteiger partial charge in [-0.3, -0.25) is 0 Å². The van der Waals surface area contributed by atoms with Gasteiger partial charge in [0, 0.05) is 29.1 Å². The zero-order valence-electron chi connectivity index (χ0n) is 9.43. The molecule has 0 radical (unpaired) electrons. The summed E-state index contributed by atoms with van der Waals surface area (Å²) in [5, 5.41) is 0.891. The Bertz CT molecular complexity index is 323. The first-order chi connectivity index (χ1) is 7.04. The van der Waals surface area contributed by atoms with Crippen molar-refractivity contribution in [3.63, 3.8) is 0 Å². The van der Waals surface area contributed by atoms with Gasteiger partial charge in [0.1, 0.15) is 0 Å². The minimum absolute atomic E-state index is 0.685. The minimum atomic E-state index is 0.685. The summed E-state index contributed by atoms with van der Waals surface area (Å²) in [5.74, 6) is 0.685. The molecule has 0 heterocycles. The van der Waals surface area contributed by atoms with Crippen molar-refractivity contribution in [1.82, 2.24) is 0 Å². The minimum Gasteiger partial charge on any atom is -0.374 e. The second-order valence-corrected chi connectivity index (χ2v) is 5.60. The molecule has 0 bridgehead atoms. The molecule has 0 unspecified atom stereocenters. The predicted molar refractivity (Wildman–Crippen MR) is 74.9 cm³/mol. The first-order valence-electron chi connectivity index (χ1n) is 5.10. The molecule has 0 fully saturated rings. The van der Waals surface area contributed by atoms with E-state index >= 15 is 0 Å². The van der Waals surface area contributed by atoms with Crippen LogP contribution < -0.4 is 4.90 Å². The lowest BCUT2D eigenvalue weighted by atomic mass is 10.2. The van der Waals surface area contributed by atoms with E-state index in [0.29, 0.717) is 5.92 Å². The van der Waals surface area contributed by atoms with Crippen molar-refractivity contribution in [2.45, 2.75) is 19.2 Å². The molecule has 0 saturated carbocycles. The molecule has 0 aliphatic heterocycles. The molecule has 15 heavy (non-hydrogen) atoms. The third-order valence-electron chi connectivity index (χ3n) is 2.26. The van der Waals surface area contributed by atoms with Gasteiger partial charge in [0.2, 0.25) is 0 Å². The fourth-order valence-electron chi connectivity index (χ4n) is 1.54. The van der Waals surface area contributed by atoms with Crippen LogP contribution in [0.5, 0.6) is 0 Å². The highest BCUT2D eigenvalue weighted by Gasteiger charge is 2.05. The van der Waals surface area contributed by atoms with Crippen LogP contribution in [0.1, 0.15) is 19.4 Å². The quantitative estimate of drug-likeness (QED) is 0.736. The van der Waals surface area contributed by atoms with E-state index in [-0.39, 0.29) is 0 Å². The highest BCUT2D eigenvalue weighted by molar-refractivity contribution is 9.10. The van der Waals surface area contributed by atoms with Crippen molar-refractivity contribution in [3.05, 3.63) is 28.2 Å². The van der Waals surface area contributed by atoms with Crippen molar-refractivity contribution in [3.8, 4) is 0 Å². The smallest absolute Gasteiger partial charge is 0.0375 e. The predicted octanol–water partition coefficient (Wildman–Crippen LogP) is 4.44. The standard InChI is InChI=1S/C12H17Br2N/c1-9(2)8-15(3)11-5-4-10(7-13)12(14)6-11/h4-6,9H,7-8H2,1-3H3. The number of rotatable bonds is 4. The summed E-state index contributed by atoms with van der Waals surface area (Å²) in [7, 11) is 2.13. The number of hydrogen-bond acceptors (Lipinski definition) is 1. The third kappa shape index (κ3) is 3.80. The van der Waals surface area contributed by atoms with Crippen LogP contribution in [-0.2, 0) is 5.33 Å². The van der Waals surface area contributed by atoms with Gasteiger partial charge in [-0.05, 0) is 23.6 Å². The molecule has 1 aromatic rings. The molecule has 0 amide bonds. The number of halogens is 2. The van der Waals surface area contributed by atoms with Gasteiger partial charge in [-0.15, -0.1) is 0 Å². The molecular weight excluding hydrogens is 318 g/mol. The second kappa shape index (κ2) is 5.90. The summed E-state index contributed by atoms with van der Waals surface area (Å²) in [6.07, 6.45) is 0. The lowest BCUT2D eigenvalue weighted by Crippen LogP contribution is -2.22. The molecule has 1 nitrogen and oxygen atoms in total. The third-order valence-corrected chi connectivity index (χ3v) is 3.60. The van der Waals surface area contributed by atoms with E-state index in [1.54, 1.807) is 0 Å². The number of anilines is 1. The van der Waals surface area contributed by atoms with Crippen molar-refractivity contribution in [1.29, 1.82) is 0 Å². The highest BCUT2D eigenvalue weighted by atomic mass is 79.9.